The topological polar surface area (TPSA) is 63.8 Å². The summed E-state index contributed by atoms with van der Waals surface area (Å²) in [5, 5.41) is 3.27. The zero-order valence-corrected chi connectivity index (χ0v) is 8.67. The molecule has 1 aromatic rings. The van der Waals surface area contributed by atoms with E-state index < -0.39 is 0 Å². The maximum absolute atomic E-state index is 5.89. The van der Waals surface area contributed by atoms with Crippen LogP contribution < -0.4 is 11.1 Å². The van der Waals surface area contributed by atoms with Gasteiger partial charge in [0.15, 0.2) is 0 Å². The fourth-order valence-electron chi connectivity index (χ4n) is 1.65. The van der Waals surface area contributed by atoms with E-state index in [4.69, 9.17) is 5.73 Å². The molecule has 2 heterocycles. The van der Waals surface area contributed by atoms with E-state index in [0.29, 0.717) is 11.7 Å². The molecular weight excluding hydrogens is 176 g/mol. The number of fused-ring (bicyclic) bond motifs is 1. The first kappa shape index (κ1) is 9.40. The average molecular weight is 192 g/mol. The van der Waals surface area contributed by atoms with Gasteiger partial charge in [-0.05, 0) is 0 Å². The lowest BCUT2D eigenvalue weighted by Crippen LogP contribution is -2.27. The molecule has 0 saturated heterocycles. The summed E-state index contributed by atoms with van der Waals surface area (Å²) in [4.78, 5) is 8.86. The zero-order chi connectivity index (χ0) is 10.1. The Bertz CT molecular complexity index is 346. The smallest absolute Gasteiger partial charge is 0.133 e. The Hall–Kier alpha value is -1.16. The van der Waals surface area contributed by atoms with E-state index in [0.717, 1.165) is 36.6 Å². The summed E-state index contributed by atoms with van der Waals surface area (Å²) in [5.41, 5.74) is 8.10. The summed E-state index contributed by atoms with van der Waals surface area (Å²) >= 11 is 0. The van der Waals surface area contributed by atoms with Gasteiger partial charge in [0.2, 0.25) is 0 Å². The van der Waals surface area contributed by atoms with Crippen molar-refractivity contribution in [2.24, 2.45) is 0 Å². The van der Waals surface area contributed by atoms with E-state index in [1.165, 1.54) is 0 Å². The van der Waals surface area contributed by atoms with E-state index >= 15 is 0 Å². The molecule has 0 spiro atoms. The van der Waals surface area contributed by atoms with Crippen LogP contribution in [0.5, 0.6) is 0 Å². The number of nitrogens with one attached hydrogen (secondary N) is 1. The summed E-state index contributed by atoms with van der Waals surface area (Å²) in [5.74, 6) is 1.85. The van der Waals surface area contributed by atoms with Crippen LogP contribution in [0.15, 0.2) is 0 Å². The third-order valence-corrected chi connectivity index (χ3v) is 2.50. The van der Waals surface area contributed by atoms with Crippen molar-refractivity contribution in [3.05, 3.63) is 17.1 Å². The number of aromatic nitrogens is 2. The lowest BCUT2D eigenvalue weighted by atomic mass is 10.1. The Morgan fingerprint density at radius 1 is 1.36 bits per heavy atom. The van der Waals surface area contributed by atoms with Crippen LogP contribution in [0.2, 0.25) is 0 Å². The van der Waals surface area contributed by atoms with Crippen LogP contribution in [0.3, 0.4) is 0 Å². The highest BCUT2D eigenvalue weighted by molar-refractivity contribution is 5.43. The molecular formula is C10H16N4. The van der Waals surface area contributed by atoms with Crippen LogP contribution in [0.1, 0.15) is 36.8 Å². The Morgan fingerprint density at radius 3 is 2.86 bits per heavy atom. The van der Waals surface area contributed by atoms with Crippen molar-refractivity contribution in [2.75, 3.05) is 12.3 Å². The lowest BCUT2D eigenvalue weighted by Gasteiger charge is -2.19. The minimum Gasteiger partial charge on any atom is -0.383 e. The van der Waals surface area contributed by atoms with Crippen molar-refractivity contribution in [3.63, 3.8) is 0 Å². The standard InChI is InChI=1S/C10H16N4/c1-6(2)10-13-8-3-4-12-5-7(8)9(11)14-10/h6,12H,3-5H2,1-2H3,(H2,11,13,14). The Labute approximate surface area is 83.9 Å². The van der Waals surface area contributed by atoms with Crippen LogP contribution in [0, 0.1) is 0 Å². The molecule has 0 unspecified atom stereocenters. The molecule has 2 rings (SSSR count). The highest BCUT2D eigenvalue weighted by Crippen LogP contribution is 2.20. The van der Waals surface area contributed by atoms with Gasteiger partial charge >= 0.3 is 0 Å². The van der Waals surface area contributed by atoms with Crippen LogP contribution >= 0.6 is 0 Å². The van der Waals surface area contributed by atoms with Crippen molar-refractivity contribution < 1.29 is 0 Å². The molecule has 1 aliphatic rings. The van der Waals surface area contributed by atoms with Gasteiger partial charge < -0.3 is 11.1 Å². The Morgan fingerprint density at radius 2 is 2.14 bits per heavy atom. The molecule has 0 saturated carbocycles. The summed E-state index contributed by atoms with van der Waals surface area (Å²) < 4.78 is 0. The second-order valence-corrected chi connectivity index (χ2v) is 3.97. The average Bonchev–Trinajstić information content (AvgIpc) is 2.17. The van der Waals surface area contributed by atoms with Gasteiger partial charge in [-0.2, -0.15) is 0 Å². The van der Waals surface area contributed by atoms with Gasteiger partial charge in [0, 0.05) is 31.0 Å². The van der Waals surface area contributed by atoms with Gasteiger partial charge in [-0.1, -0.05) is 13.8 Å². The summed E-state index contributed by atoms with van der Waals surface area (Å²) in [7, 11) is 0. The molecule has 1 aromatic heterocycles. The second-order valence-electron chi connectivity index (χ2n) is 3.97. The van der Waals surface area contributed by atoms with Gasteiger partial charge in [-0.15, -0.1) is 0 Å². The maximum Gasteiger partial charge on any atom is 0.133 e. The normalized spacial score (nSPS) is 15.6. The molecule has 0 aliphatic carbocycles. The highest BCUT2D eigenvalue weighted by Gasteiger charge is 2.16. The number of anilines is 1. The molecule has 0 fully saturated rings. The van der Waals surface area contributed by atoms with E-state index in [-0.39, 0.29) is 0 Å². The third kappa shape index (κ3) is 1.57. The molecule has 3 N–H and O–H groups in total. The third-order valence-electron chi connectivity index (χ3n) is 2.50. The number of rotatable bonds is 1. The molecule has 0 aromatic carbocycles. The summed E-state index contributed by atoms with van der Waals surface area (Å²) in [6.07, 6.45) is 0.960. The number of nitrogens with zero attached hydrogens (tertiary/aromatic N) is 2. The molecule has 76 valence electrons. The predicted molar refractivity (Wildman–Crippen MR) is 55.9 cm³/mol. The zero-order valence-electron chi connectivity index (χ0n) is 8.67. The molecule has 4 heteroatoms. The SMILES string of the molecule is CC(C)c1nc(N)c2c(n1)CCNC2. The lowest BCUT2D eigenvalue weighted by molar-refractivity contribution is 0.617. The quantitative estimate of drug-likeness (QED) is 0.691. The van der Waals surface area contributed by atoms with E-state index in [1.54, 1.807) is 0 Å². The van der Waals surface area contributed by atoms with Crippen LogP contribution in [-0.2, 0) is 13.0 Å². The molecule has 0 amide bonds. The van der Waals surface area contributed by atoms with Gasteiger partial charge in [0.05, 0.1) is 5.69 Å². The molecule has 4 nitrogen and oxygen atoms in total. The van der Waals surface area contributed by atoms with Crippen molar-refractivity contribution in [3.8, 4) is 0 Å². The van der Waals surface area contributed by atoms with Crippen molar-refractivity contribution in [1.82, 2.24) is 15.3 Å². The number of hydrogen-bond acceptors (Lipinski definition) is 4. The second kappa shape index (κ2) is 3.53. The maximum atomic E-state index is 5.89. The number of nitrogen functional groups attached to an aromatic ring is 1. The van der Waals surface area contributed by atoms with Crippen LogP contribution in [-0.4, -0.2) is 16.5 Å². The monoisotopic (exact) mass is 192 g/mol. The van der Waals surface area contributed by atoms with Gasteiger partial charge in [-0.25, -0.2) is 9.97 Å². The minimum atomic E-state index is 0.345. The first-order valence-electron chi connectivity index (χ1n) is 5.04. The molecule has 1 aliphatic heterocycles. The van der Waals surface area contributed by atoms with Crippen LogP contribution in [0.25, 0.3) is 0 Å². The van der Waals surface area contributed by atoms with Crippen molar-refractivity contribution in [1.29, 1.82) is 0 Å². The number of hydrogen-bond donors (Lipinski definition) is 2. The van der Waals surface area contributed by atoms with Gasteiger partial charge in [0.1, 0.15) is 11.6 Å². The first-order chi connectivity index (χ1) is 6.68. The van der Waals surface area contributed by atoms with Crippen LogP contribution in [0.4, 0.5) is 5.82 Å². The summed E-state index contributed by atoms with van der Waals surface area (Å²) in [6.45, 7) is 5.96. The van der Waals surface area contributed by atoms with Crippen molar-refractivity contribution in [2.45, 2.75) is 32.7 Å². The van der Waals surface area contributed by atoms with Crippen molar-refractivity contribution >= 4 is 5.82 Å². The largest absolute Gasteiger partial charge is 0.383 e. The predicted octanol–water partition coefficient (Wildman–Crippen LogP) is 0.828. The molecule has 0 atom stereocenters. The molecule has 0 bridgehead atoms. The van der Waals surface area contributed by atoms with E-state index in [2.05, 4.69) is 29.1 Å². The van der Waals surface area contributed by atoms with Gasteiger partial charge in [0.25, 0.3) is 0 Å². The van der Waals surface area contributed by atoms with E-state index in [9.17, 15) is 0 Å². The molecule has 14 heavy (non-hydrogen) atoms. The fourth-order valence-corrected chi connectivity index (χ4v) is 1.65. The minimum absolute atomic E-state index is 0.345. The number of nitrogens with two attached hydrogens (primary N) is 1. The Balaban J connectivity index is 2.46. The fraction of sp³-hybridized carbons (Fsp3) is 0.600. The highest BCUT2D eigenvalue weighted by atomic mass is 15.0. The first-order valence-corrected chi connectivity index (χ1v) is 5.04. The van der Waals surface area contributed by atoms with Gasteiger partial charge in [-0.3, -0.25) is 0 Å². The Kier molecular flexibility index (Phi) is 2.37. The molecule has 0 radical (unpaired) electrons. The van der Waals surface area contributed by atoms with E-state index in [1.807, 2.05) is 0 Å². The summed E-state index contributed by atoms with van der Waals surface area (Å²) in [6, 6.07) is 0.